The number of guanidine groups is 2. The molecule has 2 aromatic carbocycles. The Kier molecular flexibility index (Phi) is 27.3. The van der Waals surface area contributed by atoms with Crippen LogP contribution in [-0.4, -0.2) is 149 Å². The van der Waals surface area contributed by atoms with Gasteiger partial charge >= 0.3 is 5.97 Å². The van der Waals surface area contributed by atoms with Crippen molar-refractivity contribution in [3.8, 4) is 0 Å². The molecule has 0 fully saturated rings. The molecule has 75 heavy (non-hydrogen) atoms. The van der Waals surface area contributed by atoms with Crippen LogP contribution in [0.5, 0.6) is 0 Å². The van der Waals surface area contributed by atoms with Crippen molar-refractivity contribution in [1.29, 1.82) is 0 Å². The van der Waals surface area contributed by atoms with E-state index in [9.17, 15) is 58.2 Å². The lowest BCUT2D eigenvalue weighted by Crippen LogP contribution is -2.61. The number of carbonyl (C=O) groups is 10. The average Bonchev–Trinajstić information content (AvgIpc) is 3.34. The van der Waals surface area contributed by atoms with E-state index in [1.54, 1.807) is 74.5 Å². The Balaban J connectivity index is 2.51. The third kappa shape index (κ3) is 24.7. The number of carboxylic acids is 1. The number of carbonyl (C=O) groups excluding carboxylic acids is 9. The highest BCUT2D eigenvalue weighted by Crippen LogP contribution is 2.12. The fourth-order valence-corrected chi connectivity index (χ4v) is 7.17. The van der Waals surface area contributed by atoms with E-state index in [4.69, 9.17) is 40.1 Å². The van der Waals surface area contributed by atoms with Crippen LogP contribution in [0.25, 0.3) is 0 Å². The number of hydrogen-bond acceptors (Lipinski definition) is 14. The lowest BCUT2D eigenvalue weighted by Gasteiger charge is -2.28. The molecular weight excluding hydrogens is 981 g/mol. The molecule has 412 valence electrons. The van der Waals surface area contributed by atoms with Gasteiger partial charge < -0.3 is 87.6 Å². The summed E-state index contributed by atoms with van der Waals surface area (Å²) in [7, 11) is 0. The Morgan fingerprint density at radius 2 is 0.853 bits per heavy atom. The van der Waals surface area contributed by atoms with Crippen molar-refractivity contribution in [2.24, 2.45) is 56.0 Å². The molecule has 0 aliphatic rings. The van der Waals surface area contributed by atoms with Crippen LogP contribution in [0.4, 0.5) is 0 Å². The molecule has 8 unspecified atom stereocenters. The van der Waals surface area contributed by atoms with E-state index in [-0.39, 0.29) is 75.9 Å². The van der Waals surface area contributed by atoms with Crippen molar-refractivity contribution in [2.75, 3.05) is 19.7 Å². The number of nitrogens with zero attached hydrogens (tertiary/aromatic N) is 2. The number of aliphatic carboxylic acids is 1. The first-order valence-corrected chi connectivity index (χ1v) is 23.9. The molecular formula is C47H72N16O12. The molecule has 28 heteroatoms. The fourth-order valence-electron chi connectivity index (χ4n) is 7.17. The molecule has 23 N–H and O–H groups in total. The third-order valence-corrected chi connectivity index (χ3v) is 10.9. The predicted octanol–water partition coefficient (Wildman–Crippen LogP) is -5.83. The van der Waals surface area contributed by atoms with Crippen LogP contribution >= 0.6 is 0 Å². The maximum Gasteiger partial charge on any atom is 0.305 e. The molecule has 0 spiro atoms. The zero-order valence-corrected chi connectivity index (χ0v) is 41.9. The second-order valence-corrected chi connectivity index (χ2v) is 17.8. The number of benzene rings is 2. The van der Waals surface area contributed by atoms with Crippen molar-refractivity contribution in [2.45, 2.75) is 120 Å². The minimum atomic E-state index is -1.82. The van der Waals surface area contributed by atoms with Gasteiger partial charge in [-0.25, -0.2) is 0 Å². The molecule has 0 saturated carbocycles. The van der Waals surface area contributed by atoms with Gasteiger partial charge in [-0.15, -0.1) is 0 Å². The van der Waals surface area contributed by atoms with Gasteiger partial charge in [0.2, 0.25) is 53.2 Å². The molecule has 0 aromatic heterocycles. The number of hydrogen-bond donors (Lipinski definition) is 16. The second kappa shape index (κ2) is 32.6. The van der Waals surface area contributed by atoms with Crippen LogP contribution in [0, 0.1) is 5.92 Å². The topological polar surface area (TPSA) is 502 Å². The average molecular weight is 1050 g/mol. The van der Waals surface area contributed by atoms with Gasteiger partial charge in [0.1, 0.15) is 48.3 Å². The molecule has 0 heterocycles. The largest absolute Gasteiger partial charge is 0.481 e. The quantitative estimate of drug-likeness (QED) is 0.0176. The van der Waals surface area contributed by atoms with Gasteiger partial charge in [0.05, 0.1) is 19.4 Å². The zero-order valence-electron chi connectivity index (χ0n) is 41.9. The first-order valence-electron chi connectivity index (χ1n) is 23.9. The molecule has 28 nitrogen and oxygen atoms in total. The molecule has 0 aliphatic carbocycles. The van der Waals surface area contributed by atoms with Crippen LogP contribution in [0.3, 0.4) is 0 Å². The van der Waals surface area contributed by atoms with Crippen molar-refractivity contribution in [3.63, 3.8) is 0 Å². The number of nitrogens with two attached hydrogens (primary N) is 7. The van der Waals surface area contributed by atoms with Crippen LogP contribution in [0.15, 0.2) is 70.6 Å². The minimum absolute atomic E-state index is 0.00423. The summed E-state index contributed by atoms with van der Waals surface area (Å²) in [5.74, 6) is -11.3. The monoisotopic (exact) mass is 1050 g/mol. The molecule has 8 atom stereocenters. The van der Waals surface area contributed by atoms with E-state index in [2.05, 4.69) is 47.2 Å². The lowest BCUT2D eigenvalue weighted by molar-refractivity contribution is -0.141. The van der Waals surface area contributed by atoms with Crippen LogP contribution < -0.4 is 77.4 Å². The molecule has 0 saturated heterocycles. The highest BCUT2D eigenvalue weighted by atomic mass is 16.4. The summed E-state index contributed by atoms with van der Waals surface area (Å²) in [5, 5.41) is 36.0. The first kappa shape index (κ1) is 62.7. The Morgan fingerprint density at radius 3 is 1.27 bits per heavy atom. The smallest absolute Gasteiger partial charge is 0.305 e. The SMILES string of the molecule is CC(C)CC(NC(=O)C(Cc1ccccc1)NC(=O)C(CC(N)=O)NC(=O)C(CCCN=C(N)N)NC(=O)C(CC(=O)O)NC(=O)C(N)CO)C(=O)NC(CCCN=C(N)N)C(=O)NC(Cc1ccccc1)C(N)=O. The van der Waals surface area contributed by atoms with Crippen LogP contribution in [-0.2, 0) is 60.8 Å². The van der Waals surface area contributed by atoms with Crippen molar-refractivity contribution < 1.29 is 58.2 Å². The molecule has 9 amide bonds. The maximum absolute atomic E-state index is 14.4. The van der Waals surface area contributed by atoms with Crippen molar-refractivity contribution in [3.05, 3.63) is 71.8 Å². The Labute approximate surface area is 432 Å². The number of aliphatic hydroxyl groups excluding tert-OH is 1. The second-order valence-electron chi connectivity index (χ2n) is 17.8. The summed E-state index contributed by atoms with van der Waals surface area (Å²) in [6, 6.07) is 4.89. The zero-order chi connectivity index (χ0) is 56.2. The van der Waals surface area contributed by atoms with E-state index < -0.39 is 127 Å². The maximum atomic E-state index is 14.4. The van der Waals surface area contributed by atoms with Gasteiger partial charge in [0, 0.05) is 25.9 Å². The third-order valence-electron chi connectivity index (χ3n) is 10.9. The molecule has 0 aliphatic heterocycles. The number of amides is 9. The number of nitrogens with one attached hydrogen (secondary N) is 7. The Bertz CT molecular complexity index is 2310. The Morgan fingerprint density at radius 1 is 0.493 bits per heavy atom. The van der Waals surface area contributed by atoms with Crippen molar-refractivity contribution >= 4 is 71.1 Å². The normalized spacial score (nSPS) is 14.0. The number of primary amides is 2. The van der Waals surface area contributed by atoms with E-state index >= 15 is 0 Å². The number of rotatable bonds is 34. The summed E-state index contributed by atoms with van der Waals surface area (Å²) >= 11 is 0. The summed E-state index contributed by atoms with van der Waals surface area (Å²) in [5.41, 5.74) is 39.7. The Hall–Kier alpha value is -8.40. The minimum Gasteiger partial charge on any atom is -0.481 e. The molecule has 2 aromatic rings. The van der Waals surface area contributed by atoms with E-state index in [1.165, 1.54) is 0 Å². The van der Waals surface area contributed by atoms with Crippen molar-refractivity contribution in [1.82, 2.24) is 37.2 Å². The predicted molar refractivity (Wildman–Crippen MR) is 273 cm³/mol. The highest BCUT2D eigenvalue weighted by molar-refractivity contribution is 5.99. The van der Waals surface area contributed by atoms with Gasteiger partial charge in [-0.3, -0.25) is 57.9 Å². The lowest BCUT2D eigenvalue weighted by atomic mass is 9.99. The summed E-state index contributed by atoms with van der Waals surface area (Å²) in [6.07, 6.45) is -2.12. The fraction of sp³-hybridized carbons (Fsp3) is 0.489. The molecule has 0 radical (unpaired) electrons. The van der Waals surface area contributed by atoms with Gasteiger partial charge in [-0.2, -0.15) is 0 Å². The summed E-state index contributed by atoms with van der Waals surface area (Å²) in [6.45, 7) is 2.67. The van der Waals surface area contributed by atoms with Crippen LogP contribution in [0.1, 0.15) is 69.9 Å². The first-order chi connectivity index (χ1) is 35.4. The molecule has 0 bridgehead atoms. The van der Waals surface area contributed by atoms with E-state index in [0.29, 0.717) is 11.1 Å². The van der Waals surface area contributed by atoms with E-state index in [0.717, 1.165) is 0 Å². The number of carboxylic acid groups (broad SMARTS) is 1. The highest BCUT2D eigenvalue weighted by Gasteiger charge is 2.35. The van der Waals surface area contributed by atoms with E-state index in [1.807, 2.05) is 0 Å². The van der Waals surface area contributed by atoms with Crippen LogP contribution in [0.2, 0.25) is 0 Å². The van der Waals surface area contributed by atoms with Gasteiger partial charge in [0.25, 0.3) is 0 Å². The summed E-state index contributed by atoms with van der Waals surface area (Å²) < 4.78 is 0. The van der Waals surface area contributed by atoms with Gasteiger partial charge in [-0.1, -0.05) is 74.5 Å². The van der Waals surface area contributed by atoms with Gasteiger partial charge in [0.15, 0.2) is 11.9 Å². The van der Waals surface area contributed by atoms with Gasteiger partial charge in [-0.05, 0) is 49.1 Å². The number of aliphatic imine (C=N–C) groups is 2. The summed E-state index contributed by atoms with van der Waals surface area (Å²) in [4.78, 5) is 141. The standard InChI is InChI=1S/C47H72N16O12/c1-25(2)19-32(42(72)57-29(15-9-17-55-46(51)52)40(70)59-31(38(50)68)20-26-11-5-3-6-12-26)61-43(73)33(21-27-13-7-4-8-14-27)62-44(74)34(22-36(49)65)63-41(71)30(16-10-18-56-47(53)54)58-45(75)35(23-37(66)67)60-39(69)28(48)24-64/h3-8,11-14,25,28-35,64H,9-10,15-24,48H2,1-2H3,(H2,49,65)(H2,50,68)(H,57,72)(H,58,75)(H,59,70)(H,60,69)(H,61,73)(H,62,74)(H,63,71)(H,66,67)(H4,51,52,55)(H4,53,54,56). The molecule has 2 rings (SSSR count). The number of aliphatic hydroxyl groups is 1.